The van der Waals surface area contributed by atoms with E-state index in [-0.39, 0.29) is 24.9 Å². The maximum atomic E-state index is 14.4. The predicted molar refractivity (Wildman–Crippen MR) is 230 cm³/mol. The Kier molecular flexibility index (Phi) is 21.5. The zero-order valence-corrected chi connectivity index (χ0v) is 37.3. The lowest BCUT2D eigenvalue weighted by Crippen LogP contribution is -2.63. The van der Waals surface area contributed by atoms with Gasteiger partial charge in [-0.2, -0.15) is 0 Å². The van der Waals surface area contributed by atoms with Gasteiger partial charge in [0.2, 0.25) is 29.5 Å². The molecule has 0 aromatic heterocycles. The maximum absolute atomic E-state index is 14.4. The normalized spacial score (nSPS) is 25.0. The fraction of sp³-hybridized carbons (Fsp3) is 0.711. The zero-order valence-electron chi connectivity index (χ0n) is 37.3. The van der Waals surface area contributed by atoms with Gasteiger partial charge in [0.05, 0.1) is 25.2 Å². The van der Waals surface area contributed by atoms with Gasteiger partial charge < -0.3 is 46.1 Å². The standard InChI is InChI=1S/C45H72N6O10/c1-28(2)18-12-8-9-17-23-36-30(5)44(57)51(7)35(24-29(3)4)41(54)50-39(33-21-15-11-16-22-33)43(56)48-34(25-47-45(58)59)40(53)49-38(42(55)46-26-37(52)61-36)31(6)60-27-32-19-13-10-14-20-32/h10,13-14,19-20,28-31,33-36,38-39,47H,8-9,11-12,15-18,21-27H2,1-7H3,(H,46,55)(H,48,56)(H,49,53)(H,50,54)(H,58,59)/t30-,31+,34+,35+,36-,38+,39+/m1/s1. The SMILES string of the molecule is CC(C)CCCCCC[C@H]1OC(=O)CNC(=O)[C@H]([C@H](C)OCc2ccccc2)NC(=O)[C@H](CNC(=O)O)NC(=O)[C@H](C2CCCCC2)NC(=O)[C@H](CC(C)C)N(C)C(=O)[C@@H]1C. The molecule has 0 bridgehead atoms. The second-order valence-corrected chi connectivity index (χ2v) is 17.6. The zero-order chi connectivity index (χ0) is 45.1. The summed E-state index contributed by atoms with van der Waals surface area (Å²) in [4.78, 5) is 97.5. The molecule has 0 unspecified atom stereocenters. The summed E-state index contributed by atoms with van der Waals surface area (Å²) < 4.78 is 12.0. The highest BCUT2D eigenvalue weighted by Gasteiger charge is 2.40. The summed E-state index contributed by atoms with van der Waals surface area (Å²) >= 11 is 0. The first-order chi connectivity index (χ1) is 29.0. The molecule has 16 nitrogen and oxygen atoms in total. The molecular weight excluding hydrogens is 785 g/mol. The first-order valence-corrected chi connectivity index (χ1v) is 22.3. The van der Waals surface area contributed by atoms with Gasteiger partial charge in [-0.1, -0.05) is 110 Å². The quantitative estimate of drug-likeness (QED) is 0.101. The van der Waals surface area contributed by atoms with E-state index < -0.39 is 97.0 Å². The second kappa shape index (κ2) is 25.9. The van der Waals surface area contributed by atoms with Crippen LogP contribution in [0.5, 0.6) is 0 Å². The number of carbonyl (C=O) groups excluding carboxylic acids is 6. The molecule has 1 aromatic carbocycles. The summed E-state index contributed by atoms with van der Waals surface area (Å²) in [5.41, 5.74) is 0.795. The van der Waals surface area contributed by atoms with Crippen molar-refractivity contribution in [1.82, 2.24) is 31.5 Å². The molecule has 1 heterocycles. The minimum Gasteiger partial charge on any atom is -0.465 e. The van der Waals surface area contributed by atoms with Gasteiger partial charge in [0.25, 0.3) is 0 Å². The fourth-order valence-electron chi connectivity index (χ4n) is 7.99. The lowest BCUT2D eigenvalue weighted by atomic mass is 9.83. The summed E-state index contributed by atoms with van der Waals surface area (Å²) in [6.07, 6.45) is 5.83. The van der Waals surface area contributed by atoms with Crippen molar-refractivity contribution in [2.75, 3.05) is 20.1 Å². The molecule has 1 aromatic rings. The van der Waals surface area contributed by atoms with E-state index in [1.165, 1.54) is 11.9 Å². The monoisotopic (exact) mass is 857 g/mol. The Morgan fingerprint density at radius 2 is 1.52 bits per heavy atom. The van der Waals surface area contributed by atoms with E-state index in [4.69, 9.17) is 9.47 Å². The van der Waals surface area contributed by atoms with E-state index in [1.807, 2.05) is 44.2 Å². The molecule has 2 aliphatic rings. The number of nitrogens with zero attached hydrogens (tertiary/aromatic N) is 1. The minimum absolute atomic E-state index is 0.0323. The minimum atomic E-state index is -1.53. The Morgan fingerprint density at radius 1 is 0.852 bits per heavy atom. The summed E-state index contributed by atoms with van der Waals surface area (Å²) in [6.45, 7) is 10.3. The van der Waals surface area contributed by atoms with Crippen molar-refractivity contribution in [3.63, 3.8) is 0 Å². The number of amides is 6. The van der Waals surface area contributed by atoms with E-state index >= 15 is 0 Å². The highest BCUT2D eigenvalue weighted by atomic mass is 16.5. The Balaban J connectivity index is 2.06. The van der Waals surface area contributed by atoms with Crippen LogP contribution in [-0.2, 0) is 44.8 Å². The number of rotatable bonds is 16. The van der Waals surface area contributed by atoms with Crippen LogP contribution in [-0.4, -0.2) is 108 Å². The van der Waals surface area contributed by atoms with Gasteiger partial charge in [-0.25, -0.2) is 4.79 Å². The van der Waals surface area contributed by atoms with Crippen molar-refractivity contribution in [3.05, 3.63) is 35.9 Å². The van der Waals surface area contributed by atoms with Crippen LogP contribution < -0.4 is 26.6 Å². The van der Waals surface area contributed by atoms with Gasteiger partial charge >= 0.3 is 12.1 Å². The Hall–Kier alpha value is -4.73. The number of unbranched alkanes of at least 4 members (excludes halogenated alkanes) is 3. The van der Waals surface area contributed by atoms with Crippen molar-refractivity contribution in [2.45, 2.75) is 162 Å². The second-order valence-electron chi connectivity index (χ2n) is 17.6. The number of ether oxygens (including phenoxy) is 2. The van der Waals surface area contributed by atoms with Gasteiger partial charge in [0, 0.05) is 7.05 Å². The predicted octanol–water partition coefficient (Wildman–Crippen LogP) is 4.44. The van der Waals surface area contributed by atoms with Crippen molar-refractivity contribution in [3.8, 4) is 0 Å². The van der Waals surface area contributed by atoms with Crippen LogP contribution in [0.3, 0.4) is 0 Å². The molecule has 1 aliphatic carbocycles. The van der Waals surface area contributed by atoms with Gasteiger partial charge in [-0.05, 0) is 62.3 Å². The third-order valence-electron chi connectivity index (χ3n) is 11.7. The molecule has 0 spiro atoms. The molecule has 342 valence electrons. The molecule has 61 heavy (non-hydrogen) atoms. The Labute approximate surface area is 361 Å². The number of carboxylic acid groups (broad SMARTS) is 1. The van der Waals surface area contributed by atoms with Crippen LogP contribution in [0.25, 0.3) is 0 Å². The number of benzene rings is 1. The molecule has 0 radical (unpaired) electrons. The molecule has 6 N–H and O–H groups in total. The number of hydrogen-bond acceptors (Lipinski definition) is 9. The number of nitrogens with one attached hydrogen (secondary N) is 5. The molecule has 16 heteroatoms. The van der Waals surface area contributed by atoms with Crippen molar-refractivity contribution < 1.29 is 48.1 Å². The Morgan fingerprint density at radius 3 is 2.16 bits per heavy atom. The topological polar surface area (TPSA) is 222 Å². The fourth-order valence-corrected chi connectivity index (χ4v) is 7.99. The number of likely N-dealkylation sites (N-methyl/N-ethyl adjacent to an activating group) is 1. The summed E-state index contributed by atoms with van der Waals surface area (Å²) in [7, 11) is 1.54. The summed E-state index contributed by atoms with van der Waals surface area (Å²) in [5, 5.41) is 22.4. The van der Waals surface area contributed by atoms with E-state index in [1.54, 1.807) is 13.8 Å². The van der Waals surface area contributed by atoms with E-state index in [0.29, 0.717) is 31.6 Å². The van der Waals surface area contributed by atoms with Gasteiger partial charge in [0.1, 0.15) is 36.8 Å². The summed E-state index contributed by atoms with van der Waals surface area (Å²) in [6, 6.07) is 4.08. The first-order valence-electron chi connectivity index (χ1n) is 22.3. The third kappa shape index (κ3) is 17.3. The van der Waals surface area contributed by atoms with Gasteiger partial charge in [0.15, 0.2) is 0 Å². The highest BCUT2D eigenvalue weighted by molar-refractivity contribution is 5.96. The van der Waals surface area contributed by atoms with Crippen LogP contribution in [0.4, 0.5) is 4.79 Å². The third-order valence-corrected chi connectivity index (χ3v) is 11.7. The average molecular weight is 857 g/mol. The number of esters is 1. The largest absolute Gasteiger partial charge is 0.465 e. The Bertz CT molecular complexity index is 1590. The molecule has 1 saturated carbocycles. The first kappa shape index (κ1) is 50.6. The molecule has 1 saturated heterocycles. The smallest absolute Gasteiger partial charge is 0.404 e. The molecule has 1 aliphatic heterocycles. The molecule has 3 rings (SSSR count). The van der Waals surface area contributed by atoms with Crippen LogP contribution in [0, 0.1) is 23.7 Å². The average Bonchev–Trinajstić information content (AvgIpc) is 3.23. The number of hydrogen-bond donors (Lipinski definition) is 6. The van der Waals surface area contributed by atoms with Crippen LogP contribution in [0.1, 0.15) is 124 Å². The van der Waals surface area contributed by atoms with Crippen LogP contribution >= 0.6 is 0 Å². The lowest BCUT2D eigenvalue weighted by molar-refractivity contribution is -0.158. The highest BCUT2D eigenvalue weighted by Crippen LogP contribution is 2.28. The van der Waals surface area contributed by atoms with Crippen molar-refractivity contribution >= 4 is 41.6 Å². The van der Waals surface area contributed by atoms with Crippen molar-refractivity contribution in [2.24, 2.45) is 23.7 Å². The van der Waals surface area contributed by atoms with Gasteiger partial charge in [-0.3, -0.25) is 28.8 Å². The van der Waals surface area contributed by atoms with Crippen molar-refractivity contribution in [1.29, 1.82) is 0 Å². The van der Waals surface area contributed by atoms with Crippen LogP contribution in [0.2, 0.25) is 0 Å². The van der Waals surface area contributed by atoms with E-state index in [2.05, 4.69) is 40.4 Å². The molecular formula is C45H72N6O10. The molecule has 2 fully saturated rings. The van der Waals surface area contributed by atoms with Gasteiger partial charge in [-0.15, -0.1) is 0 Å². The van der Waals surface area contributed by atoms with Crippen LogP contribution in [0.15, 0.2) is 30.3 Å². The molecule has 7 atom stereocenters. The maximum Gasteiger partial charge on any atom is 0.404 e. The number of carbonyl (C=O) groups is 7. The number of cyclic esters (lactones) is 1. The lowest BCUT2D eigenvalue weighted by Gasteiger charge is -2.36. The molecule has 6 amide bonds. The van der Waals surface area contributed by atoms with E-state index in [0.717, 1.165) is 50.5 Å². The van der Waals surface area contributed by atoms with E-state index in [9.17, 15) is 38.7 Å². The summed E-state index contributed by atoms with van der Waals surface area (Å²) in [5.74, 6) is -4.80.